The monoisotopic (exact) mass is 212 g/mol. The van der Waals surface area contributed by atoms with Crippen molar-refractivity contribution in [3.8, 4) is 0 Å². The first kappa shape index (κ1) is 10.1. The molecule has 0 N–H and O–H groups in total. The molecule has 0 heteroatoms. The summed E-state index contributed by atoms with van der Waals surface area (Å²) in [5.41, 5.74) is 3.85. The lowest BCUT2D eigenvalue weighted by Gasteiger charge is -2.37. The van der Waals surface area contributed by atoms with Gasteiger partial charge >= 0.3 is 0 Å². The topological polar surface area (TPSA) is 0 Å². The Bertz CT molecular complexity index is 438. The maximum absolute atomic E-state index is 2.54. The highest BCUT2D eigenvalue weighted by Crippen LogP contribution is 2.67. The molecule has 2 bridgehead atoms. The van der Waals surface area contributed by atoms with Gasteiger partial charge in [0.25, 0.3) is 0 Å². The minimum Gasteiger partial charge on any atom is -0.0765 e. The van der Waals surface area contributed by atoms with E-state index in [1.807, 2.05) is 0 Å². The second kappa shape index (κ2) is 3.00. The molecule has 84 valence electrons. The molecule has 16 heavy (non-hydrogen) atoms. The molecule has 0 amide bonds. The summed E-state index contributed by atoms with van der Waals surface area (Å²) < 4.78 is 0. The Labute approximate surface area is 98.4 Å². The summed E-state index contributed by atoms with van der Waals surface area (Å²) in [5.74, 6) is 0.785. The van der Waals surface area contributed by atoms with Gasteiger partial charge in [-0.05, 0) is 40.7 Å². The van der Waals surface area contributed by atoms with Crippen LogP contribution in [0, 0.1) is 16.7 Å². The van der Waals surface area contributed by atoms with Gasteiger partial charge in [-0.1, -0.05) is 57.2 Å². The lowest BCUT2D eigenvalue weighted by Crippen LogP contribution is -2.29. The summed E-state index contributed by atoms with van der Waals surface area (Å²) in [6, 6.07) is 10.9. The SMILES string of the molecule is CC12CCC(C=C1c1ccccc1)C2(C)C. The summed E-state index contributed by atoms with van der Waals surface area (Å²) in [5, 5.41) is 0. The van der Waals surface area contributed by atoms with Crippen LogP contribution in [0.25, 0.3) is 5.57 Å². The molecule has 0 nitrogen and oxygen atoms in total. The van der Waals surface area contributed by atoms with Gasteiger partial charge in [0.2, 0.25) is 0 Å². The number of benzene rings is 1. The normalized spacial score (nSPS) is 35.2. The Balaban J connectivity index is 2.10. The Morgan fingerprint density at radius 2 is 1.75 bits per heavy atom. The zero-order chi connectivity index (χ0) is 11.4. The molecule has 3 rings (SSSR count). The highest BCUT2D eigenvalue weighted by Gasteiger charge is 2.56. The van der Waals surface area contributed by atoms with E-state index in [2.05, 4.69) is 57.2 Å². The molecule has 0 heterocycles. The summed E-state index contributed by atoms with van der Waals surface area (Å²) in [7, 11) is 0. The van der Waals surface area contributed by atoms with Crippen LogP contribution in [0.2, 0.25) is 0 Å². The Kier molecular flexibility index (Phi) is 1.90. The van der Waals surface area contributed by atoms with Crippen LogP contribution in [0.15, 0.2) is 36.4 Å². The van der Waals surface area contributed by atoms with E-state index < -0.39 is 0 Å². The molecule has 0 spiro atoms. The van der Waals surface area contributed by atoms with Crippen molar-refractivity contribution < 1.29 is 0 Å². The van der Waals surface area contributed by atoms with Crippen molar-refractivity contribution in [1.29, 1.82) is 0 Å². The van der Waals surface area contributed by atoms with E-state index in [-0.39, 0.29) is 0 Å². The second-order valence-corrected chi connectivity index (χ2v) is 6.15. The van der Waals surface area contributed by atoms with E-state index in [1.54, 1.807) is 5.57 Å². The van der Waals surface area contributed by atoms with E-state index in [9.17, 15) is 0 Å². The maximum atomic E-state index is 2.54. The molecule has 1 fully saturated rings. The average molecular weight is 212 g/mol. The summed E-state index contributed by atoms with van der Waals surface area (Å²) in [4.78, 5) is 0. The Hall–Kier alpha value is -1.04. The van der Waals surface area contributed by atoms with Crippen LogP contribution in [0.4, 0.5) is 0 Å². The fourth-order valence-electron chi connectivity index (χ4n) is 3.73. The third kappa shape index (κ3) is 1.05. The summed E-state index contributed by atoms with van der Waals surface area (Å²) in [6.45, 7) is 7.34. The van der Waals surface area contributed by atoms with Crippen LogP contribution in [0.1, 0.15) is 39.2 Å². The van der Waals surface area contributed by atoms with Crippen LogP contribution in [0.3, 0.4) is 0 Å². The molecule has 2 atom stereocenters. The van der Waals surface area contributed by atoms with Gasteiger partial charge in [-0.15, -0.1) is 0 Å². The fourth-order valence-corrected chi connectivity index (χ4v) is 3.73. The summed E-state index contributed by atoms with van der Waals surface area (Å²) in [6.07, 6.45) is 5.27. The third-order valence-corrected chi connectivity index (χ3v) is 5.35. The van der Waals surface area contributed by atoms with Gasteiger partial charge in [-0.2, -0.15) is 0 Å². The van der Waals surface area contributed by atoms with Crippen LogP contribution in [-0.2, 0) is 0 Å². The molecule has 0 saturated heterocycles. The highest BCUT2D eigenvalue weighted by atomic mass is 14.6. The first-order valence-corrected chi connectivity index (χ1v) is 6.33. The van der Waals surface area contributed by atoms with Gasteiger partial charge in [0.1, 0.15) is 0 Å². The van der Waals surface area contributed by atoms with Gasteiger partial charge in [-0.25, -0.2) is 0 Å². The summed E-state index contributed by atoms with van der Waals surface area (Å²) >= 11 is 0. The smallest absolute Gasteiger partial charge is 0.00155 e. The number of hydrogen-bond acceptors (Lipinski definition) is 0. The largest absolute Gasteiger partial charge is 0.0765 e. The fraction of sp³-hybridized carbons (Fsp3) is 0.500. The maximum Gasteiger partial charge on any atom is -0.00155 e. The van der Waals surface area contributed by atoms with Crippen molar-refractivity contribution in [3.63, 3.8) is 0 Å². The van der Waals surface area contributed by atoms with Crippen LogP contribution in [-0.4, -0.2) is 0 Å². The number of rotatable bonds is 1. The molecule has 1 aromatic rings. The van der Waals surface area contributed by atoms with Crippen molar-refractivity contribution in [3.05, 3.63) is 42.0 Å². The molecule has 2 aliphatic rings. The quantitative estimate of drug-likeness (QED) is 0.641. The number of hydrogen-bond donors (Lipinski definition) is 0. The Morgan fingerprint density at radius 3 is 2.25 bits per heavy atom. The van der Waals surface area contributed by atoms with E-state index in [4.69, 9.17) is 0 Å². The van der Waals surface area contributed by atoms with Crippen LogP contribution < -0.4 is 0 Å². The van der Waals surface area contributed by atoms with Gasteiger partial charge in [-0.3, -0.25) is 0 Å². The van der Waals surface area contributed by atoms with Gasteiger partial charge in [0, 0.05) is 0 Å². The molecule has 2 unspecified atom stereocenters. The van der Waals surface area contributed by atoms with Gasteiger partial charge in [0.05, 0.1) is 0 Å². The molecule has 0 radical (unpaired) electrons. The third-order valence-electron chi connectivity index (χ3n) is 5.35. The molecule has 1 saturated carbocycles. The van der Waals surface area contributed by atoms with Crippen molar-refractivity contribution in [2.75, 3.05) is 0 Å². The minimum atomic E-state index is 0.388. The molecule has 0 aromatic heterocycles. The Morgan fingerprint density at radius 1 is 1.06 bits per heavy atom. The molecular formula is C16H20. The molecule has 2 aliphatic carbocycles. The van der Waals surface area contributed by atoms with E-state index in [0.29, 0.717) is 10.8 Å². The first-order valence-electron chi connectivity index (χ1n) is 6.33. The highest BCUT2D eigenvalue weighted by molar-refractivity contribution is 5.75. The lowest BCUT2D eigenvalue weighted by atomic mass is 9.66. The average Bonchev–Trinajstić information content (AvgIpc) is 2.62. The van der Waals surface area contributed by atoms with E-state index in [0.717, 1.165) is 5.92 Å². The second-order valence-electron chi connectivity index (χ2n) is 6.15. The van der Waals surface area contributed by atoms with E-state index in [1.165, 1.54) is 18.4 Å². The van der Waals surface area contributed by atoms with Crippen molar-refractivity contribution in [1.82, 2.24) is 0 Å². The van der Waals surface area contributed by atoms with Crippen molar-refractivity contribution >= 4 is 5.57 Å². The number of allylic oxidation sites excluding steroid dienone is 2. The minimum absolute atomic E-state index is 0.388. The lowest BCUT2D eigenvalue weighted by molar-refractivity contribution is 0.189. The predicted octanol–water partition coefficient (Wildman–Crippen LogP) is 4.53. The van der Waals surface area contributed by atoms with Crippen molar-refractivity contribution in [2.24, 2.45) is 16.7 Å². The standard InChI is InChI=1S/C16H20/c1-15(2)13-9-10-16(15,3)14(11-13)12-7-5-4-6-8-12/h4-8,11,13H,9-10H2,1-3H3. The van der Waals surface area contributed by atoms with Gasteiger partial charge in [0.15, 0.2) is 0 Å². The molecule has 1 aromatic carbocycles. The zero-order valence-corrected chi connectivity index (χ0v) is 10.5. The molecular weight excluding hydrogens is 192 g/mol. The van der Waals surface area contributed by atoms with E-state index >= 15 is 0 Å². The van der Waals surface area contributed by atoms with Gasteiger partial charge < -0.3 is 0 Å². The zero-order valence-electron chi connectivity index (χ0n) is 10.5. The predicted molar refractivity (Wildman–Crippen MR) is 69.0 cm³/mol. The number of fused-ring (bicyclic) bond motifs is 2. The van der Waals surface area contributed by atoms with Crippen LogP contribution in [0.5, 0.6) is 0 Å². The van der Waals surface area contributed by atoms with Crippen LogP contribution >= 0.6 is 0 Å². The van der Waals surface area contributed by atoms with Crippen molar-refractivity contribution in [2.45, 2.75) is 33.6 Å². The first-order chi connectivity index (χ1) is 7.56. The molecule has 0 aliphatic heterocycles.